The van der Waals surface area contributed by atoms with Crippen molar-refractivity contribution >= 4 is 29.3 Å². The molecule has 0 unspecified atom stereocenters. The van der Waals surface area contributed by atoms with E-state index in [1.54, 1.807) is 11.8 Å². The second kappa shape index (κ2) is 9.25. The molecule has 0 aliphatic heterocycles. The number of benzene rings is 3. The van der Waals surface area contributed by atoms with Crippen molar-refractivity contribution in [2.45, 2.75) is 29.1 Å². The molecule has 1 saturated carbocycles. The summed E-state index contributed by atoms with van der Waals surface area (Å²) >= 11 is 7.56. The molecular weight excluding hydrogens is 416 g/mol. The van der Waals surface area contributed by atoms with Crippen LogP contribution in [-0.2, 0) is 4.79 Å². The van der Waals surface area contributed by atoms with Crippen molar-refractivity contribution in [1.82, 2.24) is 0 Å². The summed E-state index contributed by atoms with van der Waals surface area (Å²) in [4.78, 5) is 13.1. The van der Waals surface area contributed by atoms with Crippen molar-refractivity contribution in [3.8, 4) is 11.1 Å². The fraction of sp³-hybridized carbons (Fsp3) is 0.240. The molecule has 0 radical (unpaired) electrons. The Balaban J connectivity index is 1.51. The first-order valence-electron chi connectivity index (χ1n) is 10.0. The molecule has 0 amide bonds. The van der Waals surface area contributed by atoms with E-state index in [4.69, 9.17) is 11.6 Å². The maximum absolute atomic E-state index is 12.1. The Labute approximate surface area is 185 Å². The Morgan fingerprint density at radius 1 is 0.900 bits per heavy atom. The maximum Gasteiger partial charge on any atom is 0.308 e. The molecule has 3 nitrogen and oxygen atoms in total. The lowest BCUT2D eigenvalue weighted by Gasteiger charge is -2.25. The largest absolute Gasteiger partial charge is 0.481 e. The zero-order chi connectivity index (χ0) is 21.1. The number of aliphatic hydroxyl groups is 1. The molecule has 1 aliphatic carbocycles. The average molecular weight is 439 g/mol. The van der Waals surface area contributed by atoms with E-state index in [1.807, 2.05) is 78.9 Å². The van der Waals surface area contributed by atoms with Gasteiger partial charge in [0.15, 0.2) is 0 Å². The van der Waals surface area contributed by atoms with Gasteiger partial charge in [0.1, 0.15) is 0 Å². The van der Waals surface area contributed by atoms with E-state index < -0.39 is 18.0 Å². The summed E-state index contributed by atoms with van der Waals surface area (Å²) in [5.41, 5.74) is 2.83. The first-order chi connectivity index (χ1) is 14.5. The Kier molecular flexibility index (Phi) is 6.47. The van der Waals surface area contributed by atoms with Crippen molar-refractivity contribution in [3.05, 3.63) is 89.4 Å². The number of aliphatic carboxylic acids is 1. The van der Waals surface area contributed by atoms with E-state index in [1.165, 1.54) is 0 Å². The van der Waals surface area contributed by atoms with E-state index in [-0.39, 0.29) is 11.2 Å². The summed E-state index contributed by atoms with van der Waals surface area (Å²) in [5.74, 6) is -1.71. The molecule has 4 rings (SSSR count). The molecule has 0 bridgehead atoms. The van der Waals surface area contributed by atoms with E-state index >= 15 is 0 Å². The summed E-state index contributed by atoms with van der Waals surface area (Å²) in [6, 6.07) is 25.2. The fourth-order valence-electron chi connectivity index (χ4n) is 4.26. The van der Waals surface area contributed by atoms with Crippen LogP contribution in [0.3, 0.4) is 0 Å². The van der Waals surface area contributed by atoms with Crippen LogP contribution in [0.1, 0.15) is 24.5 Å². The molecule has 154 valence electrons. The van der Waals surface area contributed by atoms with Crippen LogP contribution in [0, 0.1) is 11.8 Å². The van der Waals surface area contributed by atoms with Gasteiger partial charge in [0.25, 0.3) is 0 Å². The molecule has 1 aliphatic rings. The van der Waals surface area contributed by atoms with Crippen molar-refractivity contribution in [2.75, 3.05) is 0 Å². The van der Waals surface area contributed by atoms with Gasteiger partial charge in [-0.2, -0.15) is 0 Å². The predicted molar refractivity (Wildman–Crippen MR) is 122 cm³/mol. The first-order valence-corrected chi connectivity index (χ1v) is 11.3. The zero-order valence-electron chi connectivity index (χ0n) is 16.3. The molecule has 0 spiro atoms. The van der Waals surface area contributed by atoms with Gasteiger partial charge < -0.3 is 10.2 Å². The lowest BCUT2D eigenvalue weighted by Crippen LogP contribution is -2.29. The van der Waals surface area contributed by atoms with Crippen LogP contribution in [0.4, 0.5) is 0 Å². The fourth-order valence-corrected chi connectivity index (χ4v) is 5.76. The molecule has 0 saturated heterocycles. The van der Waals surface area contributed by atoms with Crippen LogP contribution in [-0.4, -0.2) is 21.4 Å². The van der Waals surface area contributed by atoms with Gasteiger partial charge >= 0.3 is 5.97 Å². The third kappa shape index (κ3) is 4.56. The minimum absolute atomic E-state index is 0.0436. The lowest BCUT2D eigenvalue weighted by atomic mass is 9.86. The normalized spacial score (nSPS) is 22.0. The van der Waals surface area contributed by atoms with Gasteiger partial charge in [-0.25, -0.2) is 0 Å². The number of hydrogen-bond acceptors (Lipinski definition) is 3. The highest BCUT2D eigenvalue weighted by molar-refractivity contribution is 8.00. The Hall–Kier alpha value is -2.27. The topological polar surface area (TPSA) is 57.5 Å². The van der Waals surface area contributed by atoms with Crippen LogP contribution in [0.5, 0.6) is 0 Å². The highest BCUT2D eigenvalue weighted by atomic mass is 35.5. The number of hydrogen-bond donors (Lipinski definition) is 2. The van der Waals surface area contributed by atoms with Gasteiger partial charge in [0, 0.05) is 21.1 Å². The zero-order valence-corrected chi connectivity index (χ0v) is 17.9. The summed E-state index contributed by atoms with van der Waals surface area (Å²) in [6.07, 6.45) is 0.676. The molecule has 3 aromatic rings. The summed E-state index contributed by atoms with van der Waals surface area (Å²) in [6.45, 7) is 0. The van der Waals surface area contributed by atoms with Crippen molar-refractivity contribution < 1.29 is 15.0 Å². The number of rotatable bonds is 6. The first kappa shape index (κ1) is 21.0. The number of carbonyl (C=O) groups is 1. The molecule has 3 aromatic carbocycles. The smallest absolute Gasteiger partial charge is 0.308 e. The van der Waals surface area contributed by atoms with Crippen LogP contribution in [0.25, 0.3) is 11.1 Å². The van der Waals surface area contributed by atoms with Crippen molar-refractivity contribution in [2.24, 2.45) is 11.8 Å². The number of thioether (sulfide) groups is 1. The second-order valence-corrected chi connectivity index (χ2v) is 9.40. The quantitative estimate of drug-likeness (QED) is 0.473. The van der Waals surface area contributed by atoms with Crippen LogP contribution >= 0.6 is 23.4 Å². The summed E-state index contributed by atoms with van der Waals surface area (Å²) < 4.78 is 0. The monoisotopic (exact) mass is 438 g/mol. The average Bonchev–Trinajstić information content (AvgIpc) is 3.18. The molecule has 1 fully saturated rings. The van der Waals surface area contributed by atoms with Gasteiger partial charge in [-0.3, -0.25) is 4.79 Å². The highest BCUT2D eigenvalue weighted by Crippen LogP contribution is 2.47. The third-order valence-electron chi connectivity index (χ3n) is 5.80. The van der Waals surface area contributed by atoms with Gasteiger partial charge in [0.2, 0.25) is 0 Å². The van der Waals surface area contributed by atoms with Gasteiger partial charge in [-0.15, -0.1) is 11.8 Å². The molecule has 2 N–H and O–H groups in total. The third-order valence-corrected chi connectivity index (χ3v) is 7.43. The molecule has 30 heavy (non-hydrogen) atoms. The molecular formula is C25H23ClO3S. The highest BCUT2D eigenvalue weighted by Gasteiger charge is 2.45. The summed E-state index contributed by atoms with van der Waals surface area (Å²) in [5, 5.41) is 21.6. The van der Waals surface area contributed by atoms with Crippen molar-refractivity contribution in [3.63, 3.8) is 0 Å². The second-order valence-electron chi connectivity index (χ2n) is 7.65. The standard InChI is InChI=1S/C25H23ClO3S/c26-19-12-10-17(11-13-19)16-6-8-18(9-7-16)24(27)21-14-15-22(23(21)25(28)29)30-20-4-2-1-3-5-20/h1-13,21-24,27H,14-15H2,(H,28,29)/t21-,22+,23+,24+/m0/s1. The van der Waals surface area contributed by atoms with E-state index in [9.17, 15) is 15.0 Å². The maximum atomic E-state index is 12.1. The molecule has 0 aromatic heterocycles. The van der Waals surface area contributed by atoms with E-state index in [0.29, 0.717) is 11.4 Å². The number of halogens is 1. The molecule has 4 atom stereocenters. The summed E-state index contributed by atoms with van der Waals surface area (Å²) in [7, 11) is 0. The van der Waals surface area contributed by atoms with Gasteiger partial charge in [0.05, 0.1) is 12.0 Å². The van der Waals surface area contributed by atoms with Gasteiger partial charge in [-0.05, 0) is 53.8 Å². The Morgan fingerprint density at radius 2 is 1.50 bits per heavy atom. The number of carboxylic acid groups (broad SMARTS) is 1. The van der Waals surface area contributed by atoms with Crippen LogP contribution < -0.4 is 0 Å². The Morgan fingerprint density at radius 3 is 2.10 bits per heavy atom. The minimum atomic E-state index is -0.831. The predicted octanol–water partition coefficient (Wildman–Crippen LogP) is 6.31. The van der Waals surface area contributed by atoms with Crippen molar-refractivity contribution in [1.29, 1.82) is 0 Å². The lowest BCUT2D eigenvalue weighted by molar-refractivity contribution is -0.144. The van der Waals surface area contributed by atoms with Crippen LogP contribution in [0.15, 0.2) is 83.8 Å². The van der Waals surface area contributed by atoms with Gasteiger partial charge in [-0.1, -0.05) is 66.2 Å². The molecule has 0 heterocycles. The minimum Gasteiger partial charge on any atom is -0.481 e. The van der Waals surface area contributed by atoms with E-state index in [2.05, 4.69) is 0 Å². The van der Waals surface area contributed by atoms with Crippen LogP contribution in [0.2, 0.25) is 5.02 Å². The molecule has 5 heteroatoms. The SMILES string of the molecule is O=C(O)[C@@H]1[C@@H]([C@H](O)c2ccc(-c3ccc(Cl)cc3)cc2)CC[C@H]1Sc1ccccc1. The van der Waals surface area contributed by atoms with E-state index in [0.717, 1.165) is 28.0 Å². The number of aliphatic hydroxyl groups excluding tert-OH is 1. The number of carboxylic acids is 1. The Bertz CT molecular complexity index is 989.